The van der Waals surface area contributed by atoms with Crippen molar-refractivity contribution in [3.05, 3.63) is 12.3 Å². The van der Waals surface area contributed by atoms with Crippen molar-refractivity contribution in [2.45, 2.75) is 44.1 Å². The van der Waals surface area contributed by atoms with Gasteiger partial charge in [-0.05, 0) is 62.9 Å². The number of carboxylic acids is 1. The third-order valence-corrected chi connectivity index (χ3v) is 4.56. The Kier molecular flexibility index (Phi) is 2.07. The van der Waals surface area contributed by atoms with Crippen molar-refractivity contribution in [1.29, 1.82) is 0 Å². The Labute approximate surface area is 95.5 Å². The first-order valence-corrected chi connectivity index (χ1v) is 6.17. The van der Waals surface area contributed by atoms with Gasteiger partial charge < -0.3 is 9.84 Å². The van der Waals surface area contributed by atoms with Crippen molar-refractivity contribution >= 4 is 5.97 Å². The second kappa shape index (κ2) is 3.25. The van der Waals surface area contributed by atoms with Crippen LogP contribution >= 0.6 is 0 Å². The molecule has 0 unspecified atom stereocenters. The average molecular weight is 222 g/mol. The molecule has 4 saturated carbocycles. The number of ether oxygens (including phenoxy) is 1. The van der Waals surface area contributed by atoms with Crippen LogP contribution < -0.4 is 0 Å². The molecule has 0 aromatic heterocycles. The predicted molar refractivity (Wildman–Crippen MR) is 58.8 cm³/mol. The van der Waals surface area contributed by atoms with Crippen LogP contribution in [0.25, 0.3) is 0 Å². The van der Waals surface area contributed by atoms with Crippen LogP contribution in [0, 0.1) is 17.8 Å². The number of aliphatic carboxylic acids is 1. The molecule has 4 aliphatic rings. The standard InChI is InChI=1S/C13H18O3/c1-8(12(14)15)16-13-5-9-2-10(6-13)4-11(3-9)7-13/h9-11H,1-7H2,(H,14,15). The van der Waals surface area contributed by atoms with Crippen LogP contribution in [-0.4, -0.2) is 16.7 Å². The van der Waals surface area contributed by atoms with E-state index in [0.29, 0.717) is 0 Å². The third-order valence-electron chi connectivity index (χ3n) is 4.56. The Morgan fingerprint density at radius 2 is 1.56 bits per heavy atom. The lowest BCUT2D eigenvalue weighted by Crippen LogP contribution is -2.52. The second-order valence-corrected chi connectivity index (χ2v) is 5.93. The molecule has 0 amide bonds. The lowest BCUT2D eigenvalue weighted by Gasteiger charge is -2.56. The van der Waals surface area contributed by atoms with Gasteiger partial charge in [-0.2, -0.15) is 0 Å². The Balaban J connectivity index is 1.78. The van der Waals surface area contributed by atoms with Crippen LogP contribution in [0.15, 0.2) is 12.3 Å². The van der Waals surface area contributed by atoms with Crippen LogP contribution in [-0.2, 0) is 9.53 Å². The van der Waals surface area contributed by atoms with E-state index in [4.69, 9.17) is 9.84 Å². The molecule has 0 aromatic carbocycles. The van der Waals surface area contributed by atoms with E-state index in [-0.39, 0.29) is 11.4 Å². The molecule has 0 heterocycles. The second-order valence-electron chi connectivity index (χ2n) is 5.93. The summed E-state index contributed by atoms with van der Waals surface area (Å²) in [5.74, 6) is 1.23. The van der Waals surface area contributed by atoms with E-state index in [1.54, 1.807) is 0 Å². The summed E-state index contributed by atoms with van der Waals surface area (Å²) in [6.07, 6.45) is 7.15. The van der Waals surface area contributed by atoms with E-state index in [9.17, 15) is 4.79 Å². The predicted octanol–water partition coefficient (Wildman–Crippen LogP) is 2.57. The van der Waals surface area contributed by atoms with Gasteiger partial charge in [0.1, 0.15) is 5.60 Å². The molecule has 16 heavy (non-hydrogen) atoms. The molecule has 0 aliphatic heterocycles. The Morgan fingerprint density at radius 3 is 1.94 bits per heavy atom. The van der Waals surface area contributed by atoms with Gasteiger partial charge >= 0.3 is 5.97 Å². The first-order chi connectivity index (χ1) is 7.56. The number of hydrogen-bond acceptors (Lipinski definition) is 2. The van der Waals surface area contributed by atoms with E-state index < -0.39 is 5.97 Å². The SMILES string of the molecule is C=C(OC12CC3CC(CC(C3)C1)C2)C(=O)O. The first-order valence-electron chi connectivity index (χ1n) is 6.17. The van der Waals surface area contributed by atoms with Gasteiger partial charge in [0.25, 0.3) is 0 Å². The maximum absolute atomic E-state index is 10.8. The molecule has 3 heteroatoms. The average Bonchev–Trinajstić information content (AvgIpc) is 2.13. The van der Waals surface area contributed by atoms with E-state index >= 15 is 0 Å². The Hall–Kier alpha value is -0.990. The fourth-order valence-electron chi connectivity index (χ4n) is 4.46. The number of rotatable bonds is 3. The highest BCUT2D eigenvalue weighted by Crippen LogP contribution is 2.57. The van der Waals surface area contributed by atoms with Crippen LogP contribution in [0.1, 0.15) is 38.5 Å². The van der Waals surface area contributed by atoms with Gasteiger partial charge in [-0.15, -0.1) is 0 Å². The zero-order valence-electron chi connectivity index (χ0n) is 9.45. The van der Waals surface area contributed by atoms with Gasteiger partial charge in [0, 0.05) is 0 Å². The summed E-state index contributed by atoms with van der Waals surface area (Å²) in [6, 6.07) is 0. The smallest absolute Gasteiger partial charge is 0.370 e. The minimum absolute atomic E-state index is 0.0676. The maximum Gasteiger partial charge on any atom is 0.370 e. The molecule has 0 radical (unpaired) electrons. The van der Waals surface area contributed by atoms with Crippen molar-refractivity contribution in [2.75, 3.05) is 0 Å². The summed E-state index contributed by atoms with van der Waals surface area (Å²) in [4.78, 5) is 10.8. The lowest BCUT2D eigenvalue weighted by atomic mass is 9.54. The molecular formula is C13H18O3. The number of hydrogen-bond donors (Lipinski definition) is 1. The Morgan fingerprint density at radius 1 is 1.12 bits per heavy atom. The monoisotopic (exact) mass is 222 g/mol. The number of carboxylic acid groups (broad SMARTS) is 1. The molecule has 88 valence electrons. The van der Waals surface area contributed by atoms with Gasteiger partial charge in [0.15, 0.2) is 5.76 Å². The fourth-order valence-corrected chi connectivity index (χ4v) is 4.46. The van der Waals surface area contributed by atoms with Gasteiger partial charge in [0.05, 0.1) is 0 Å². The molecule has 0 aromatic rings. The van der Waals surface area contributed by atoms with Gasteiger partial charge in [-0.25, -0.2) is 4.79 Å². The van der Waals surface area contributed by atoms with Crippen molar-refractivity contribution < 1.29 is 14.6 Å². The van der Waals surface area contributed by atoms with Crippen molar-refractivity contribution in [3.63, 3.8) is 0 Å². The van der Waals surface area contributed by atoms with Crippen LogP contribution in [0.4, 0.5) is 0 Å². The molecule has 0 atom stereocenters. The minimum Gasteiger partial charge on any atom is -0.480 e. The van der Waals surface area contributed by atoms with E-state index in [0.717, 1.165) is 37.0 Å². The van der Waals surface area contributed by atoms with E-state index in [1.807, 2.05) is 0 Å². The van der Waals surface area contributed by atoms with Gasteiger partial charge in [0.2, 0.25) is 0 Å². The quantitative estimate of drug-likeness (QED) is 0.589. The van der Waals surface area contributed by atoms with Gasteiger partial charge in [-0.1, -0.05) is 0 Å². The summed E-state index contributed by atoms with van der Waals surface area (Å²) in [5.41, 5.74) is -0.176. The van der Waals surface area contributed by atoms with Crippen LogP contribution in [0.3, 0.4) is 0 Å². The first kappa shape index (κ1) is 10.2. The molecule has 4 fully saturated rings. The highest BCUT2D eigenvalue weighted by molar-refractivity contribution is 5.83. The van der Waals surface area contributed by atoms with Crippen LogP contribution in [0.2, 0.25) is 0 Å². The highest BCUT2D eigenvalue weighted by Gasteiger charge is 2.52. The van der Waals surface area contributed by atoms with Crippen molar-refractivity contribution in [1.82, 2.24) is 0 Å². The number of carbonyl (C=O) groups is 1. The zero-order valence-corrected chi connectivity index (χ0v) is 9.45. The summed E-state index contributed by atoms with van der Waals surface area (Å²) in [5, 5.41) is 8.86. The summed E-state index contributed by atoms with van der Waals surface area (Å²) in [6.45, 7) is 3.51. The molecule has 4 aliphatic carbocycles. The fraction of sp³-hybridized carbons (Fsp3) is 0.769. The molecule has 4 bridgehead atoms. The highest BCUT2D eigenvalue weighted by atomic mass is 16.5. The maximum atomic E-state index is 10.8. The normalized spacial score (nSPS) is 44.4. The minimum atomic E-state index is -1.02. The Bertz CT molecular complexity index is 310. The zero-order chi connectivity index (χ0) is 11.3. The molecule has 3 nitrogen and oxygen atoms in total. The van der Waals surface area contributed by atoms with Crippen molar-refractivity contribution in [2.24, 2.45) is 17.8 Å². The lowest BCUT2D eigenvalue weighted by molar-refractivity contribution is -0.159. The molecule has 0 spiro atoms. The third kappa shape index (κ3) is 1.53. The molecule has 4 rings (SSSR count). The molecular weight excluding hydrogens is 204 g/mol. The topological polar surface area (TPSA) is 46.5 Å². The summed E-state index contributed by atoms with van der Waals surface area (Å²) in [7, 11) is 0. The summed E-state index contributed by atoms with van der Waals surface area (Å²) >= 11 is 0. The van der Waals surface area contributed by atoms with Gasteiger partial charge in [-0.3, -0.25) is 0 Å². The van der Waals surface area contributed by atoms with E-state index in [2.05, 4.69) is 6.58 Å². The molecule has 0 saturated heterocycles. The van der Waals surface area contributed by atoms with Crippen molar-refractivity contribution in [3.8, 4) is 0 Å². The van der Waals surface area contributed by atoms with E-state index in [1.165, 1.54) is 19.3 Å². The van der Waals surface area contributed by atoms with Crippen LogP contribution in [0.5, 0.6) is 0 Å². The summed E-state index contributed by atoms with van der Waals surface area (Å²) < 4.78 is 5.72. The molecule has 1 N–H and O–H groups in total. The largest absolute Gasteiger partial charge is 0.480 e.